The fourth-order valence-electron chi connectivity index (χ4n) is 1.95. The van der Waals surface area contributed by atoms with Crippen LogP contribution in [0.4, 0.5) is 0 Å². The first-order chi connectivity index (χ1) is 11.2. The molecular formula is C16H13N3O3S. The number of carbonyl (C=O) groups is 1. The summed E-state index contributed by atoms with van der Waals surface area (Å²) >= 11 is 1.44. The predicted molar refractivity (Wildman–Crippen MR) is 84.9 cm³/mol. The highest BCUT2D eigenvalue weighted by Gasteiger charge is 2.09. The van der Waals surface area contributed by atoms with E-state index in [0.717, 1.165) is 16.7 Å². The molecule has 3 rings (SSSR count). The molecule has 0 aliphatic rings. The van der Waals surface area contributed by atoms with Crippen molar-refractivity contribution in [3.63, 3.8) is 0 Å². The molecule has 1 aromatic carbocycles. The number of benzene rings is 1. The molecule has 0 aliphatic heterocycles. The highest BCUT2D eigenvalue weighted by Crippen LogP contribution is 2.25. The minimum absolute atomic E-state index is 0.0341. The molecule has 116 valence electrons. The van der Waals surface area contributed by atoms with Crippen molar-refractivity contribution < 1.29 is 14.3 Å². The average molecular weight is 327 g/mol. The fraction of sp³-hybridized carbons (Fsp3) is 0.125. The Morgan fingerprint density at radius 1 is 1.04 bits per heavy atom. The van der Waals surface area contributed by atoms with Crippen LogP contribution in [-0.2, 0) is 17.0 Å². The van der Waals surface area contributed by atoms with E-state index in [-0.39, 0.29) is 6.42 Å². The number of nitrogens with zero attached hydrogens (tertiary/aromatic N) is 3. The molecule has 7 heteroatoms. The second-order valence-electron chi connectivity index (χ2n) is 4.78. The van der Waals surface area contributed by atoms with Crippen molar-refractivity contribution in [2.45, 2.75) is 17.4 Å². The summed E-state index contributed by atoms with van der Waals surface area (Å²) in [5.74, 6) is 0.305. The molecule has 2 heterocycles. The Bertz CT molecular complexity index is 788. The molecule has 0 amide bonds. The topological polar surface area (TPSA) is 89.1 Å². The van der Waals surface area contributed by atoms with Gasteiger partial charge in [0, 0.05) is 23.7 Å². The van der Waals surface area contributed by atoms with Crippen molar-refractivity contribution >= 4 is 17.7 Å². The third kappa shape index (κ3) is 4.17. The van der Waals surface area contributed by atoms with Gasteiger partial charge in [0.05, 0.1) is 6.42 Å². The summed E-state index contributed by atoms with van der Waals surface area (Å²) in [4.78, 5) is 14.6. The average Bonchev–Trinajstić information content (AvgIpc) is 3.04. The quantitative estimate of drug-likeness (QED) is 0.696. The maximum absolute atomic E-state index is 10.6. The van der Waals surface area contributed by atoms with Crippen LogP contribution in [0.15, 0.2) is 58.4 Å². The number of pyridine rings is 1. The lowest BCUT2D eigenvalue weighted by molar-refractivity contribution is -0.136. The predicted octanol–water partition coefficient (Wildman–Crippen LogP) is 3.05. The summed E-state index contributed by atoms with van der Waals surface area (Å²) in [6.45, 7) is 0. The van der Waals surface area contributed by atoms with E-state index in [9.17, 15) is 4.79 Å². The van der Waals surface area contributed by atoms with Crippen LogP contribution >= 0.6 is 11.8 Å². The number of carboxylic acids is 1. The zero-order valence-corrected chi connectivity index (χ0v) is 12.9. The van der Waals surface area contributed by atoms with Gasteiger partial charge in [-0.2, -0.15) is 0 Å². The Kier molecular flexibility index (Phi) is 4.68. The molecule has 0 bridgehead atoms. The molecule has 0 fully saturated rings. The maximum Gasteiger partial charge on any atom is 0.307 e. The Balaban J connectivity index is 1.60. The van der Waals surface area contributed by atoms with Crippen LogP contribution in [0.3, 0.4) is 0 Å². The van der Waals surface area contributed by atoms with Crippen LogP contribution in [0, 0.1) is 0 Å². The van der Waals surface area contributed by atoms with Crippen molar-refractivity contribution in [3.8, 4) is 11.5 Å². The van der Waals surface area contributed by atoms with Gasteiger partial charge in [0.1, 0.15) is 0 Å². The lowest BCUT2D eigenvalue weighted by Gasteiger charge is -2.01. The third-order valence-electron chi connectivity index (χ3n) is 3.07. The van der Waals surface area contributed by atoms with Crippen LogP contribution in [-0.4, -0.2) is 26.3 Å². The molecule has 0 spiro atoms. The fourth-order valence-corrected chi connectivity index (χ4v) is 2.67. The summed E-state index contributed by atoms with van der Waals surface area (Å²) in [6, 6.07) is 11.1. The molecule has 0 aliphatic carbocycles. The van der Waals surface area contributed by atoms with E-state index in [4.69, 9.17) is 9.52 Å². The summed E-state index contributed by atoms with van der Waals surface area (Å²) in [7, 11) is 0. The van der Waals surface area contributed by atoms with E-state index in [0.29, 0.717) is 16.9 Å². The standard InChI is InChI=1S/C16H13N3O3S/c20-14(21)9-11-1-3-12(4-2-11)10-23-16-19-18-15(22-16)13-5-7-17-8-6-13/h1-8H,9-10H2,(H,20,21). The van der Waals surface area contributed by atoms with Gasteiger partial charge in [-0.3, -0.25) is 9.78 Å². The van der Waals surface area contributed by atoms with Crippen LogP contribution in [0.5, 0.6) is 0 Å². The molecule has 0 unspecified atom stereocenters. The van der Waals surface area contributed by atoms with Gasteiger partial charge in [-0.05, 0) is 23.3 Å². The zero-order chi connectivity index (χ0) is 16.1. The van der Waals surface area contributed by atoms with Crippen LogP contribution in [0.25, 0.3) is 11.5 Å². The van der Waals surface area contributed by atoms with E-state index >= 15 is 0 Å². The molecule has 0 saturated carbocycles. The van der Waals surface area contributed by atoms with E-state index < -0.39 is 5.97 Å². The van der Waals surface area contributed by atoms with Crippen LogP contribution < -0.4 is 0 Å². The molecule has 23 heavy (non-hydrogen) atoms. The Morgan fingerprint density at radius 3 is 2.43 bits per heavy atom. The Morgan fingerprint density at radius 2 is 1.74 bits per heavy atom. The molecule has 0 atom stereocenters. The van der Waals surface area contributed by atoms with Crippen molar-refractivity contribution in [3.05, 3.63) is 59.9 Å². The van der Waals surface area contributed by atoms with Gasteiger partial charge in [0.25, 0.3) is 5.22 Å². The second-order valence-corrected chi connectivity index (χ2v) is 5.71. The third-order valence-corrected chi connectivity index (χ3v) is 3.96. The van der Waals surface area contributed by atoms with Crippen LogP contribution in [0.1, 0.15) is 11.1 Å². The number of hydrogen-bond acceptors (Lipinski definition) is 6. The Labute approximate surface area is 136 Å². The van der Waals surface area contributed by atoms with Gasteiger partial charge >= 0.3 is 5.97 Å². The highest BCUT2D eigenvalue weighted by atomic mass is 32.2. The van der Waals surface area contributed by atoms with Gasteiger partial charge in [-0.15, -0.1) is 10.2 Å². The first-order valence-electron chi connectivity index (χ1n) is 6.87. The molecular weight excluding hydrogens is 314 g/mol. The van der Waals surface area contributed by atoms with Crippen molar-refractivity contribution in [1.82, 2.24) is 15.2 Å². The number of thioether (sulfide) groups is 1. The zero-order valence-electron chi connectivity index (χ0n) is 12.0. The molecule has 1 N–H and O–H groups in total. The molecule has 0 radical (unpaired) electrons. The van der Waals surface area contributed by atoms with Gasteiger partial charge in [0.2, 0.25) is 5.89 Å². The summed E-state index contributed by atoms with van der Waals surface area (Å²) < 4.78 is 5.60. The van der Waals surface area contributed by atoms with Gasteiger partial charge < -0.3 is 9.52 Å². The van der Waals surface area contributed by atoms with E-state index in [2.05, 4.69) is 15.2 Å². The number of carboxylic acid groups (broad SMARTS) is 1. The first-order valence-corrected chi connectivity index (χ1v) is 7.85. The maximum atomic E-state index is 10.6. The number of rotatable bonds is 6. The largest absolute Gasteiger partial charge is 0.481 e. The molecule has 3 aromatic rings. The van der Waals surface area contributed by atoms with Gasteiger partial charge in [0.15, 0.2) is 0 Å². The van der Waals surface area contributed by atoms with Crippen molar-refractivity contribution in [2.24, 2.45) is 0 Å². The highest BCUT2D eigenvalue weighted by molar-refractivity contribution is 7.98. The molecule has 2 aromatic heterocycles. The van der Waals surface area contributed by atoms with Crippen molar-refractivity contribution in [2.75, 3.05) is 0 Å². The second kappa shape index (κ2) is 7.06. The van der Waals surface area contributed by atoms with Gasteiger partial charge in [-0.25, -0.2) is 0 Å². The molecule has 0 saturated heterocycles. The normalized spacial score (nSPS) is 10.6. The van der Waals surface area contributed by atoms with E-state index in [1.165, 1.54) is 11.8 Å². The smallest absolute Gasteiger partial charge is 0.307 e. The monoisotopic (exact) mass is 327 g/mol. The number of hydrogen-bond donors (Lipinski definition) is 1. The number of aromatic nitrogens is 3. The summed E-state index contributed by atoms with van der Waals surface area (Å²) in [5.41, 5.74) is 2.68. The van der Waals surface area contributed by atoms with Gasteiger partial charge in [-0.1, -0.05) is 36.0 Å². The molecule has 6 nitrogen and oxygen atoms in total. The van der Waals surface area contributed by atoms with Crippen LogP contribution in [0.2, 0.25) is 0 Å². The minimum Gasteiger partial charge on any atom is -0.481 e. The summed E-state index contributed by atoms with van der Waals surface area (Å²) in [6.07, 6.45) is 3.38. The SMILES string of the molecule is O=C(O)Cc1ccc(CSc2nnc(-c3ccncc3)o2)cc1. The lowest BCUT2D eigenvalue weighted by Crippen LogP contribution is -1.99. The van der Waals surface area contributed by atoms with E-state index in [1.807, 2.05) is 36.4 Å². The van der Waals surface area contributed by atoms with E-state index in [1.54, 1.807) is 12.4 Å². The number of aliphatic carboxylic acids is 1. The minimum atomic E-state index is -0.832. The Hall–Kier alpha value is -2.67. The lowest BCUT2D eigenvalue weighted by atomic mass is 10.1. The first kappa shape index (κ1) is 15.2. The van der Waals surface area contributed by atoms with Crippen molar-refractivity contribution in [1.29, 1.82) is 0 Å². The summed E-state index contributed by atoms with van der Waals surface area (Å²) in [5, 5.41) is 17.3.